The number of carbonyl (C=O) groups is 2. The molecule has 1 aliphatic rings. The Morgan fingerprint density at radius 1 is 0.833 bits per heavy atom. The van der Waals surface area contributed by atoms with Gasteiger partial charge in [0.25, 0.3) is 11.8 Å². The van der Waals surface area contributed by atoms with Crippen LogP contribution in [0.25, 0.3) is 10.8 Å². The molecular weight excluding hydrogens is 481 g/mol. The van der Waals surface area contributed by atoms with Gasteiger partial charge in [-0.2, -0.15) is 5.10 Å². The van der Waals surface area contributed by atoms with Gasteiger partial charge in [0, 0.05) is 16.5 Å². The highest BCUT2D eigenvalue weighted by molar-refractivity contribution is 6.24. The fourth-order valence-corrected chi connectivity index (χ4v) is 4.04. The number of rotatable bonds is 5. The highest BCUT2D eigenvalue weighted by Gasteiger charge is 2.29. The smallest absolute Gasteiger partial charge is 0.271 e. The van der Waals surface area contributed by atoms with Crippen molar-refractivity contribution in [3.63, 3.8) is 0 Å². The second-order valence-corrected chi connectivity index (χ2v) is 7.95. The predicted octanol–water partition coefficient (Wildman–Crippen LogP) is 5.46. The van der Waals surface area contributed by atoms with E-state index in [9.17, 15) is 31.5 Å². The number of hydrazone groups is 1. The fraction of sp³-hybridized carbons (Fsp3) is 0.0385. The Balaban J connectivity index is 1.29. The lowest BCUT2D eigenvalue weighted by Crippen LogP contribution is -2.26. The summed E-state index contributed by atoms with van der Waals surface area (Å²) < 4.78 is 67.0. The summed E-state index contributed by atoms with van der Waals surface area (Å²) >= 11 is 0. The molecule has 0 unspecified atom stereocenters. The summed E-state index contributed by atoms with van der Waals surface area (Å²) in [6.07, 6.45) is 0.333. The molecule has 5 rings (SSSR count). The molecule has 2 amide bonds. The molecule has 0 spiro atoms. The molecule has 1 N–H and O–H groups in total. The van der Waals surface area contributed by atoms with Crippen molar-refractivity contribution < 1.29 is 31.5 Å². The van der Waals surface area contributed by atoms with Gasteiger partial charge in [-0.1, -0.05) is 36.4 Å². The number of carbonyl (C=O) groups excluding carboxylic acids is 2. The number of anilines is 1. The van der Waals surface area contributed by atoms with Gasteiger partial charge in [-0.05, 0) is 35.2 Å². The minimum absolute atomic E-state index is 0.117. The van der Waals surface area contributed by atoms with Crippen LogP contribution < -0.4 is 10.3 Å². The largest absolute Gasteiger partial charge is 0.303 e. The van der Waals surface area contributed by atoms with E-state index in [0.717, 1.165) is 22.0 Å². The Bertz CT molecular complexity index is 1550. The van der Waals surface area contributed by atoms with Crippen molar-refractivity contribution in [2.75, 3.05) is 4.90 Å². The van der Waals surface area contributed by atoms with Gasteiger partial charge in [0.15, 0.2) is 23.3 Å². The van der Waals surface area contributed by atoms with E-state index >= 15 is 0 Å². The molecule has 180 valence electrons. The lowest BCUT2D eigenvalue weighted by molar-refractivity contribution is 0.0953. The number of amides is 2. The average Bonchev–Trinajstić information content (AvgIpc) is 3.16. The molecule has 0 aliphatic carbocycles. The SMILES string of the molecule is O=C(NN=Cc1c(F)c(F)c(F)c(F)c1F)c1ccc(CN2C(=O)c3cccc4cccc2c34)cc1. The predicted molar refractivity (Wildman–Crippen MR) is 122 cm³/mol. The molecule has 0 fully saturated rings. The van der Waals surface area contributed by atoms with Crippen molar-refractivity contribution in [2.45, 2.75) is 6.54 Å². The van der Waals surface area contributed by atoms with E-state index in [-0.39, 0.29) is 18.0 Å². The van der Waals surface area contributed by atoms with Crippen LogP contribution in [0.2, 0.25) is 0 Å². The summed E-state index contributed by atoms with van der Waals surface area (Å²) in [5.74, 6) is -11.6. The van der Waals surface area contributed by atoms with Crippen molar-refractivity contribution in [3.8, 4) is 0 Å². The van der Waals surface area contributed by atoms with Crippen LogP contribution in [0.1, 0.15) is 31.8 Å². The van der Waals surface area contributed by atoms with E-state index in [2.05, 4.69) is 5.10 Å². The maximum absolute atomic E-state index is 13.7. The highest BCUT2D eigenvalue weighted by Crippen LogP contribution is 2.38. The third kappa shape index (κ3) is 3.76. The Morgan fingerprint density at radius 3 is 2.11 bits per heavy atom. The highest BCUT2D eigenvalue weighted by atomic mass is 19.2. The van der Waals surface area contributed by atoms with Crippen molar-refractivity contribution in [1.29, 1.82) is 0 Å². The van der Waals surface area contributed by atoms with Gasteiger partial charge in [-0.3, -0.25) is 9.59 Å². The Morgan fingerprint density at radius 2 is 1.44 bits per heavy atom. The number of hydrogen-bond donors (Lipinski definition) is 1. The van der Waals surface area contributed by atoms with Crippen LogP contribution >= 0.6 is 0 Å². The first kappa shape index (κ1) is 23.2. The van der Waals surface area contributed by atoms with Crippen LogP contribution in [0.3, 0.4) is 0 Å². The topological polar surface area (TPSA) is 61.8 Å². The standard InChI is InChI=1S/C26H14F5N3O2/c27-20-17(21(28)23(30)24(31)22(20)29)11-32-33-25(35)15-9-7-13(8-10-15)12-34-18-6-2-4-14-3-1-5-16(19(14)18)26(34)36/h1-11H,12H2,(H,33,35). The quantitative estimate of drug-likeness (QED) is 0.131. The van der Waals surface area contributed by atoms with E-state index in [4.69, 9.17) is 0 Å². The second kappa shape index (κ2) is 8.88. The second-order valence-electron chi connectivity index (χ2n) is 7.95. The fourth-order valence-electron chi connectivity index (χ4n) is 4.04. The van der Waals surface area contributed by atoms with Gasteiger partial charge in [-0.25, -0.2) is 27.4 Å². The molecule has 0 saturated carbocycles. The van der Waals surface area contributed by atoms with Crippen LogP contribution in [-0.2, 0) is 6.54 Å². The van der Waals surface area contributed by atoms with E-state index in [1.807, 2.05) is 35.8 Å². The summed E-state index contributed by atoms with van der Waals surface area (Å²) in [6, 6.07) is 17.3. The van der Waals surface area contributed by atoms with E-state index in [0.29, 0.717) is 11.8 Å². The monoisotopic (exact) mass is 495 g/mol. The molecule has 36 heavy (non-hydrogen) atoms. The van der Waals surface area contributed by atoms with Crippen molar-refractivity contribution in [2.24, 2.45) is 5.10 Å². The lowest BCUT2D eigenvalue weighted by atomic mass is 10.1. The minimum atomic E-state index is -2.29. The zero-order chi connectivity index (χ0) is 25.6. The Labute approximate surface area is 200 Å². The molecule has 1 heterocycles. The van der Waals surface area contributed by atoms with Gasteiger partial charge in [0.05, 0.1) is 24.0 Å². The number of hydrogen-bond acceptors (Lipinski definition) is 3. The van der Waals surface area contributed by atoms with Gasteiger partial charge >= 0.3 is 0 Å². The first-order chi connectivity index (χ1) is 17.3. The van der Waals surface area contributed by atoms with Crippen molar-refractivity contribution in [1.82, 2.24) is 5.43 Å². The summed E-state index contributed by atoms with van der Waals surface area (Å²) in [4.78, 5) is 26.9. The maximum Gasteiger partial charge on any atom is 0.271 e. The van der Waals surface area contributed by atoms with Crippen molar-refractivity contribution in [3.05, 3.63) is 112 Å². The molecular formula is C26H14F5N3O2. The maximum atomic E-state index is 13.7. The molecule has 0 bridgehead atoms. The summed E-state index contributed by atoms with van der Waals surface area (Å²) in [5.41, 5.74) is 2.94. The number of nitrogens with one attached hydrogen (secondary N) is 1. The molecule has 5 nitrogen and oxygen atoms in total. The average molecular weight is 495 g/mol. The van der Waals surface area contributed by atoms with Crippen LogP contribution in [0, 0.1) is 29.1 Å². The lowest BCUT2D eigenvalue weighted by Gasteiger charge is -2.18. The summed E-state index contributed by atoms with van der Waals surface area (Å²) in [6.45, 7) is 0.257. The van der Waals surface area contributed by atoms with Crippen LogP contribution in [-0.4, -0.2) is 18.0 Å². The minimum Gasteiger partial charge on any atom is -0.303 e. The molecule has 4 aromatic carbocycles. The van der Waals surface area contributed by atoms with Crippen molar-refractivity contribution >= 4 is 34.5 Å². The number of benzene rings is 4. The van der Waals surface area contributed by atoms with E-state index in [1.54, 1.807) is 23.1 Å². The van der Waals surface area contributed by atoms with Crippen LogP contribution in [0.4, 0.5) is 27.6 Å². The van der Waals surface area contributed by atoms with Crippen LogP contribution in [0.15, 0.2) is 65.8 Å². The first-order valence-electron chi connectivity index (χ1n) is 10.6. The third-order valence-electron chi connectivity index (χ3n) is 5.81. The third-order valence-corrected chi connectivity index (χ3v) is 5.81. The summed E-state index contributed by atoms with van der Waals surface area (Å²) in [5, 5.41) is 5.14. The zero-order valence-electron chi connectivity index (χ0n) is 18.2. The normalized spacial score (nSPS) is 12.7. The molecule has 0 aromatic heterocycles. The first-order valence-corrected chi connectivity index (χ1v) is 10.6. The molecule has 0 saturated heterocycles. The Hall–Kier alpha value is -4.60. The van der Waals surface area contributed by atoms with Gasteiger partial charge in [0.2, 0.25) is 5.82 Å². The molecule has 0 radical (unpaired) electrons. The van der Waals surface area contributed by atoms with Gasteiger partial charge in [-0.15, -0.1) is 0 Å². The zero-order valence-corrected chi connectivity index (χ0v) is 18.2. The Kier molecular flexibility index (Phi) is 5.71. The molecule has 10 heteroatoms. The molecule has 0 atom stereocenters. The number of nitrogens with zero attached hydrogens (tertiary/aromatic N) is 2. The van der Waals surface area contributed by atoms with E-state index in [1.165, 1.54) is 12.1 Å². The number of halogens is 5. The molecule has 1 aliphatic heterocycles. The van der Waals surface area contributed by atoms with E-state index < -0.39 is 40.6 Å². The summed E-state index contributed by atoms with van der Waals surface area (Å²) in [7, 11) is 0. The van der Waals surface area contributed by atoms with Gasteiger partial charge in [0.1, 0.15) is 0 Å². The van der Waals surface area contributed by atoms with Gasteiger partial charge < -0.3 is 4.90 Å². The molecule has 4 aromatic rings. The van der Waals surface area contributed by atoms with Crippen LogP contribution in [0.5, 0.6) is 0 Å².